The normalized spacial score (nSPS) is 16.4. The predicted molar refractivity (Wildman–Crippen MR) is 110 cm³/mol. The van der Waals surface area contributed by atoms with Gasteiger partial charge in [0.05, 0.1) is 26.9 Å². The average molecular weight is 381 g/mol. The second kappa shape index (κ2) is 9.31. The number of amides is 1. The topological polar surface area (TPSA) is 48.0 Å². The van der Waals surface area contributed by atoms with Crippen molar-refractivity contribution in [2.24, 2.45) is 0 Å². The summed E-state index contributed by atoms with van der Waals surface area (Å²) in [6.45, 7) is 3.39. The van der Waals surface area contributed by atoms with Gasteiger partial charge < -0.3 is 19.1 Å². The highest BCUT2D eigenvalue weighted by Gasteiger charge is 2.28. The van der Waals surface area contributed by atoms with Gasteiger partial charge in [-0.05, 0) is 61.2 Å². The van der Waals surface area contributed by atoms with E-state index in [9.17, 15) is 4.79 Å². The SMILES string of the molecule is CCOc1ccc(C2CCCN2C(=O)/C=C/c2ccc(OC)c(OC)c2)cc1. The average Bonchev–Trinajstić information content (AvgIpc) is 3.22. The minimum atomic E-state index is 0.0196. The second-order valence-corrected chi connectivity index (χ2v) is 6.64. The molecule has 1 amide bonds. The third-order valence-corrected chi connectivity index (χ3v) is 4.94. The van der Waals surface area contributed by atoms with E-state index < -0.39 is 0 Å². The molecule has 1 aliphatic rings. The number of likely N-dealkylation sites (tertiary alicyclic amines) is 1. The molecule has 1 aliphatic heterocycles. The summed E-state index contributed by atoms with van der Waals surface area (Å²) < 4.78 is 16.1. The summed E-state index contributed by atoms with van der Waals surface area (Å²) >= 11 is 0. The number of carbonyl (C=O) groups excluding carboxylic acids is 1. The van der Waals surface area contributed by atoms with Gasteiger partial charge in [-0.2, -0.15) is 0 Å². The van der Waals surface area contributed by atoms with Gasteiger partial charge in [0.1, 0.15) is 5.75 Å². The summed E-state index contributed by atoms with van der Waals surface area (Å²) in [6, 6.07) is 13.8. The maximum absolute atomic E-state index is 12.8. The quantitative estimate of drug-likeness (QED) is 0.664. The Morgan fingerprint density at radius 1 is 1.11 bits per heavy atom. The Bertz CT molecular complexity index is 829. The fraction of sp³-hybridized carbons (Fsp3) is 0.348. The van der Waals surface area contributed by atoms with Gasteiger partial charge in [-0.25, -0.2) is 0 Å². The van der Waals surface area contributed by atoms with Crippen LogP contribution in [0.3, 0.4) is 0 Å². The highest BCUT2D eigenvalue weighted by atomic mass is 16.5. The predicted octanol–water partition coefficient (Wildman–Crippen LogP) is 4.48. The summed E-state index contributed by atoms with van der Waals surface area (Å²) in [7, 11) is 3.20. The van der Waals surface area contributed by atoms with Crippen LogP contribution in [0, 0.1) is 0 Å². The molecule has 1 heterocycles. The first-order valence-electron chi connectivity index (χ1n) is 9.59. The Morgan fingerprint density at radius 2 is 1.86 bits per heavy atom. The number of nitrogens with zero attached hydrogens (tertiary/aromatic N) is 1. The third-order valence-electron chi connectivity index (χ3n) is 4.94. The number of rotatable bonds is 7. The summed E-state index contributed by atoms with van der Waals surface area (Å²) in [5.41, 5.74) is 2.04. The molecule has 5 heteroatoms. The molecule has 3 rings (SSSR count). The first kappa shape index (κ1) is 19.8. The molecule has 2 aromatic carbocycles. The number of ether oxygens (including phenoxy) is 3. The molecule has 1 unspecified atom stereocenters. The second-order valence-electron chi connectivity index (χ2n) is 6.64. The molecule has 0 radical (unpaired) electrons. The van der Waals surface area contributed by atoms with E-state index in [0.29, 0.717) is 18.1 Å². The van der Waals surface area contributed by atoms with E-state index in [-0.39, 0.29) is 11.9 Å². The van der Waals surface area contributed by atoms with Gasteiger partial charge in [0.2, 0.25) is 5.91 Å². The fourth-order valence-corrected chi connectivity index (χ4v) is 3.55. The fourth-order valence-electron chi connectivity index (χ4n) is 3.55. The van der Waals surface area contributed by atoms with Crippen molar-refractivity contribution in [3.63, 3.8) is 0 Å². The van der Waals surface area contributed by atoms with E-state index in [4.69, 9.17) is 14.2 Å². The maximum atomic E-state index is 12.8. The molecule has 0 spiro atoms. The molecule has 2 aromatic rings. The van der Waals surface area contributed by atoms with Crippen molar-refractivity contribution in [1.82, 2.24) is 4.90 Å². The molecule has 0 saturated carbocycles. The van der Waals surface area contributed by atoms with Gasteiger partial charge in [0.15, 0.2) is 11.5 Å². The Kier molecular flexibility index (Phi) is 6.58. The first-order chi connectivity index (χ1) is 13.7. The minimum absolute atomic E-state index is 0.0196. The smallest absolute Gasteiger partial charge is 0.247 e. The van der Waals surface area contributed by atoms with Crippen molar-refractivity contribution in [2.75, 3.05) is 27.4 Å². The maximum Gasteiger partial charge on any atom is 0.247 e. The van der Waals surface area contributed by atoms with E-state index in [0.717, 1.165) is 36.3 Å². The van der Waals surface area contributed by atoms with Gasteiger partial charge in [-0.3, -0.25) is 4.79 Å². The van der Waals surface area contributed by atoms with Crippen LogP contribution in [0.4, 0.5) is 0 Å². The zero-order chi connectivity index (χ0) is 19.9. The lowest BCUT2D eigenvalue weighted by molar-refractivity contribution is -0.126. The van der Waals surface area contributed by atoms with Gasteiger partial charge in [0, 0.05) is 12.6 Å². The summed E-state index contributed by atoms with van der Waals surface area (Å²) in [5.74, 6) is 2.19. The number of hydrogen-bond donors (Lipinski definition) is 0. The van der Waals surface area contributed by atoms with Crippen molar-refractivity contribution < 1.29 is 19.0 Å². The molecular weight excluding hydrogens is 354 g/mol. The Labute approximate surface area is 166 Å². The lowest BCUT2D eigenvalue weighted by atomic mass is 10.0. The number of carbonyl (C=O) groups is 1. The van der Waals surface area contributed by atoms with Crippen molar-refractivity contribution in [3.8, 4) is 17.2 Å². The van der Waals surface area contributed by atoms with E-state index in [1.807, 2.05) is 48.2 Å². The Morgan fingerprint density at radius 3 is 2.54 bits per heavy atom. The molecule has 28 heavy (non-hydrogen) atoms. The van der Waals surface area contributed by atoms with Crippen LogP contribution in [0.15, 0.2) is 48.5 Å². The summed E-state index contributed by atoms with van der Waals surface area (Å²) in [4.78, 5) is 14.7. The highest BCUT2D eigenvalue weighted by Crippen LogP contribution is 2.33. The van der Waals surface area contributed by atoms with Crippen LogP contribution in [0.5, 0.6) is 17.2 Å². The van der Waals surface area contributed by atoms with Crippen molar-refractivity contribution in [3.05, 3.63) is 59.7 Å². The molecular formula is C23H27NO4. The summed E-state index contributed by atoms with van der Waals surface area (Å²) in [5, 5.41) is 0. The van der Waals surface area contributed by atoms with Crippen molar-refractivity contribution in [1.29, 1.82) is 0 Å². The molecule has 0 aliphatic carbocycles. The van der Waals surface area contributed by atoms with Crippen LogP contribution in [0.2, 0.25) is 0 Å². The van der Waals surface area contributed by atoms with Crippen LogP contribution < -0.4 is 14.2 Å². The molecule has 0 bridgehead atoms. The molecule has 5 nitrogen and oxygen atoms in total. The van der Waals surface area contributed by atoms with Crippen LogP contribution in [-0.4, -0.2) is 38.2 Å². The first-order valence-corrected chi connectivity index (χ1v) is 9.59. The zero-order valence-electron chi connectivity index (χ0n) is 16.7. The number of methoxy groups -OCH3 is 2. The van der Waals surface area contributed by atoms with Crippen LogP contribution in [-0.2, 0) is 4.79 Å². The lowest BCUT2D eigenvalue weighted by Gasteiger charge is -2.24. The van der Waals surface area contributed by atoms with Gasteiger partial charge in [-0.1, -0.05) is 18.2 Å². The van der Waals surface area contributed by atoms with Crippen molar-refractivity contribution in [2.45, 2.75) is 25.8 Å². The van der Waals surface area contributed by atoms with E-state index in [1.165, 1.54) is 0 Å². The highest BCUT2D eigenvalue weighted by molar-refractivity contribution is 5.92. The van der Waals surface area contributed by atoms with Crippen molar-refractivity contribution >= 4 is 12.0 Å². The van der Waals surface area contributed by atoms with Crippen LogP contribution in [0.1, 0.15) is 36.9 Å². The lowest BCUT2D eigenvalue weighted by Crippen LogP contribution is -2.28. The van der Waals surface area contributed by atoms with E-state index >= 15 is 0 Å². The number of benzene rings is 2. The van der Waals surface area contributed by atoms with Gasteiger partial charge in [0.25, 0.3) is 0 Å². The third kappa shape index (κ3) is 4.47. The largest absolute Gasteiger partial charge is 0.494 e. The van der Waals surface area contributed by atoms with E-state index in [1.54, 1.807) is 20.3 Å². The minimum Gasteiger partial charge on any atom is -0.494 e. The van der Waals surface area contributed by atoms with Gasteiger partial charge >= 0.3 is 0 Å². The molecule has 0 aromatic heterocycles. The van der Waals surface area contributed by atoms with Gasteiger partial charge in [-0.15, -0.1) is 0 Å². The number of hydrogen-bond acceptors (Lipinski definition) is 4. The molecule has 1 atom stereocenters. The standard InChI is InChI=1S/C23H27NO4/c1-4-28-19-11-9-18(10-12-19)20-6-5-15-24(20)23(25)14-8-17-7-13-21(26-2)22(16-17)27-3/h7-14,16,20H,4-6,15H2,1-3H3/b14-8+. The van der Waals surface area contributed by atoms with E-state index in [2.05, 4.69) is 12.1 Å². The van der Waals surface area contributed by atoms with Crippen LogP contribution in [0.25, 0.3) is 6.08 Å². The molecule has 1 fully saturated rings. The molecule has 148 valence electrons. The Hall–Kier alpha value is -2.95. The Balaban J connectivity index is 1.71. The van der Waals surface area contributed by atoms with Crippen LogP contribution >= 0.6 is 0 Å². The molecule has 1 saturated heterocycles. The monoisotopic (exact) mass is 381 g/mol. The summed E-state index contributed by atoms with van der Waals surface area (Å²) in [6.07, 6.45) is 5.43. The molecule has 0 N–H and O–H groups in total. The zero-order valence-corrected chi connectivity index (χ0v) is 16.7.